The first-order valence-corrected chi connectivity index (χ1v) is 4.98. The molecule has 1 fully saturated rings. The lowest BCUT2D eigenvalue weighted by Gasteiger charge is -2.19. The van der Waals surface area contributed by atoms with Gasteiger partial charge >= 0.3 is 0 Å². The van der Waals surface area contributed by atoms with Crippen LogP contribution in [-0.4, -0.2) is 0 Å². The summed E-state index contributed by atoms with van der Waals surface area (Å²) >= 11 is 0. The van der Waals surface area contributed by atoms with Gasteiger partial charge in [0.15, 0.2) is 0 Å². The summed E-state index contributed by atoms with van der Waals surface area (Å²) in [6, 6.07) is 0. The number of rotatable bonds is 1. The Bertz CT molecular complexity index is 216. The molecule has 0 aromatic rings. The third kappa shape index (κ3) is 1.63. The van der Waals surface area contributed by atoms with Gasteiger partial charge in [0.2, 0.25) is 0 Å². The van der Waals surface area contributed by atoms with E-state index < -0.39 is 0 Å². The Kier molecular flexibility index (Phi) is 2.76. The van der Waals surface area contributed by atoms with Gasteiger partial charge in [-0.25, -0.2) is 0 Å². The number of allylic oxidation sites excluding steroid dienone is 4. The quantitative estimate of drug-likeness (QED) is 0.547. The van der Waals surface area contributed by atoms with Crippen molar-refractivity contribution < 1.29 is 0 Å². The second kappa shape index (κ2) is 3.47. The first-order chi connectivity index (χ1) is 5.61. The summed E-state index contributed by atoms with van der Waals surface area (Å²) in [5.41, 5.74) is 3.59. The van der Waals surface area contributed by atoms with E-state index in [4.69, 9.17) is 0 Å². The third-order valence-corrected chi connectivity index (χ3v) is 2.83. The molecule has 0 nitrogen and oxygen atoms in total. The molecular weight excluding hydrogens is 144 g/mol. The van der Waals surface area contributed by atoms with Crippen molar-refractivity contribution in [1.29, 1.82) is 0 Å². The SMILES string of the molecule is C/C=C1\C(=C/CC)CCC1(C)C. The van der Waals surface area contributed by atoms with E-state index in [1.807, 2.05) is 0 Å². The highest BCUT2D eigenvalue weighted by Crippen LogP contribution is 2.45. The van der Waals surface area contributed by atoms with Crippen molar-refractivity contribution in [3.05, 3.63) is 23.3 Å². The Balaban J connectivity index is 2.92. The van der Waals surface area contributed by atoms with Crippen LogP contribution in [0.1, 0.15) is 47.0 Å². The lowest BCUT2D eigenvalue weighted by Crippen LogP contribution is -2.07. The van der Waals surface area contributed by atoms with Gasteiger partial charge in [0.25, 0.3) is 0 Å². The first-order valence-electron chi connectivity index (χ1n) is 4.98. The molecule has 0 saturated heterocycles. The van der Waals surface area contributed by atoms with Crippen LogP contribution in [-0.2, 0) is 0 Å². The van der Waals surface area contributed by atoms with Crippen LogP contribution in [0, 0.1) is 5.41 Å². The molecule has 0 heteroatoms. The molecule has 0 aliphatic heterocycles. The predicted octanol–water partition coefficient (Wildman–Crippen LogP) is 4.09. The summed E-state index contributed by atoms with van der Waals surface area (Å²) in [5.74, 6) is 0. The molecule has 68 valence electrons. The fourth-order valence-corrected chi connectivity index (χ4v) is 2.19. The van der Waals surface area contributed by atoms with Gasteiger partial charge in [-0.05, 0) is 42.7 Å². The normalized spacial score (nSPS) is 28.7. The van der Waals surface area contributed by atoms with E-state index in [9.17, 15) is 0 Å². The molecule has 12 heavy (non-hydrogen) atoms. The van der Waals surface area contributed by atoms with Crippen LogP contribution >= 0.6 is 0 Å². The summed E-state index contributed by atoms with van der Waals surface area (Å²) in [5, 5.41) is 0. The van der Waals surface area contributed by atoms with Gasteiger partial charge in [-0.2, -0.15) is 0 Å². The van der Waals surface area contributed by atoms with Gasteiger partial charge < -0.3 is 0 Å². The Morgan fingerprint density at radius 1 is 1.42 bits per heavy atom. The zero-order chi connectivity index (χ0) is 9.19. The van der Waals surface area contributed by atoms with Crippen molar-refractivity contribution in [1.82, 2.24) is 0 Å². The molecule has 0 spiro atoms. The molecule has 0 atom stereocenters. The standard InChI is InChI=1S/C12H20/c1-5-7-10-8-9-12(3,4)11(10)6-2/h6-7H,5,8-9H2,1-4H3/b10-7-,11-6+. The van der Waals surface area contributed by atoms with Crippen LogP contribution in [0.5, 0.6) is 0 Å². The maximum atomic E-state index is 2.38. The summed E-state index contributed by atoms with van der Waals surface area (Å²) in [6.07, 6.45) is 8.43. The minimum atomic E-state index is 0.426. The fraction of sp³-hybridized carbons (Fsp3) is 0.667. The molecule has 0 amide bonds. The zero-order valence-corrected chi connectivity index (χ0v) is 8.78. The second-order valence-electron chi connectivity index (χ2n) is 4.22. The van der Waals surface area contributed by atoms with Crippen LogP contribution in [0.3, 0.4) is 0 Å². The predicted molar refractivity (Wildman–Crippen MR) is 55.1 cm³/mol. The van der Waals surface area contributed by atoms with Crippen LogP contribution in [0.25, 0.3) is 0 Å². The maximum Gasteiger partial charge on any atom is -0.0101 e. The van der Waals surface area contributed by atoms with E-state index in [2.05, 4.69) is 39.8 Å². The number of hydrogen-bond donors (Lipinski definition) is 0. The molecule has 0 bridgehead atoms. The van der Waals surface area contributed by atoms with Crippen LogP contribution in [0.15, 0.2) is 23.3 Å². The summed E-state index contributed by atoms with van der Waals surface area (Å²) < 4.78 is 0. The minimum Gasteiger partial charge on any atom is -0.0836 e. The second-order valence-corrected chi connectivity index (χ2v) is 4.22. The van der Waals surface area contributed by atoms with Gasteiger partial charge in [-0.15, -0.1) is 0 Å². The molecule has 0 N–H and O–H groups in total. The average molecular weight is 164 g/mol. The van der Waals surface area contributed by atoms with Gasteiger partial charge in [-0.3, -0.25) is 0 Å². The van der Waals surface area contributed by atoms with Crippen molar-refractivity contribution in [2.24, 2.45) is 5.41 Å². The molecule has 0 radical (unpaired) electrons. The van der Waals surface area contributed by atoms with E-state index in [1.165, 1.54) is 19.3 Å². The molecule has 1 aliphatic rings. The molecule has 1 aliphatic carbocycles. The summed E-state index contributed by atoms with van der Waals surface area (Å²) in [4.78, 5) is 0. The van der Waals surface area contributed by atoms with E-state index in [1.54, 1.807) is 11.1 Å². The Morgan fingerprint density at radius 2 is 2.08 bits per heavy atom. The molecular formula is C12H20. The number of hydrogen-bond acceptors (Lipinski definition) is 0. The highest BCUT2D eigenvalue weighted by Gasteiger charge is 2.31. The lowest BCUT2D eigenvalue weighted by molar-refractivity contribution is 0.461. The molecule has 0 heterocycles. The molecule has 0 aromatic carbocycles. The van der Waals surface area contributed by atoms with Gasteiger partial charge in [0.1, 0.15) is 0 Å². The van der Waals surface area contributed by atoms with Gasteiger partial charge in [-0.1, -0.05) is 32.9 Å². The minimum absolute atomic E-state index is 0.426. The van der Waals surface area contributed by atoms with Crippen LogP contribution in [0.2, 0.25) is 0 Å². The van der Waals surface area contributed by atoms with Crippen molar-refractivity contribution in [2.75, 3.05) is 0 Å². The Hall–Kier alpha value is -0.520. The van der Waals surface area contributed by atoms with Gasteiger partial charge in [0.05, 0.1) is 0 Å². The monoisotopic (exact) mass is 164 g/mol. The fourth-order valence-electron chi connectivity index (χ4n) is 2.19. The van der Waals surface area contributed by atoms with Crippen molar-refractivity contribution in [3.63, 3.8) is 0 Å². The highest BCUT2D eigenvalue weighted by atomic mass is 14.4. The molecule has 1 saturated carbocycles. The van der Waals surface area contributed by atoms with E-state index >= 15 is 0 Å². The topological polar surface area (TPSA) is 0 Å². The third-order valence-electron chi connectivity index (χ3n) is 2.83. The molecule has 1 rings (SSSR count). The van der Waals surface area contributed by atoms with Crippen molar-refractivity contribution in [3.8, 4) is 0 Å². The van der Waals surface area contributed by atoms with E-state index in [-0.39, 0.29) is 0 Å². The maximum absolute atomic E-state index is 2.38. The van der Waals surface area contributed by atoms with Gasteiger partial charge in [0, 0.05) is 0 Å². The van der Waals surface area contributed by atoms with Crippen molar-refractivity contribution >= 4 is 0 Å². The molecule has 0 unspecified atom stereocenters. The van der Waals surface area contributed by atoms with E-state index in [0.717, 1.165) is 0 Å². The Morgan fingerprint density at radius 3 is 2.58 bits per heavy atom. The van der Waals surface area contributed by atoms with E-state index in [0.29, 0.717) is 5.41 Å². The summed E-state index contributed by atoms with van der Waals surface area (Å²) in [6.45, 7) is 9.06. The summed E-state index contributed by atoms with van der Waals surface area (Å²) in [7, 11) is 0. The van der Waals surface area contributed by atoms with Crippen LogP contribution < -0.4 is 0 Å². The van der Waals surface area contributed by atoms with Crippen molar-refractivity contribution in [2.45, 2.75) is 47.0 Å². The zero-order valence-electron chi connectivity index (χ0n) is 8.78. The largest absolute Gasteiger partial charge is 0.0836 e. The highest BCUT2D eigenvalue weighted by molar-refractivity contribution is 5.39. The smallest absolute Gasteiger partial charge is 0.0101 e. The Labute approximate surface area is 76.4 Å². The molecule has 0 aromatic heterocycles. The lowest BCUT2D eigenvalue weighted by atomic mass is 9.86. The van der Waals surface area contributed by atoms with Crippen LogP contribution in [0.4, 0.5) is 0 Å². The first kappa shape index (κ1) is 9.57. The average Bonchev–Trinajstić information content (AvgIpc) is 2.27.